The van der Waals surface area contributed by atoms with Crippen LogP contribution in [-0.2, 0) is 22.0 Å². The molecule has 0 bridgehead atoms. The van der Waals surface area contributed by atoms with Gasteiger partial charge in [0.15, 0.2) is 6.10 Å². The molecule has 0 aliphatic carbocycles. The van der Waals surface area contributed by atoms with Crippen LogP contribution in [0.4, 0.5) is 0 Å². The molecule has 146 valence electrons. The number of carbonyl (C=O) groups is 1. The Morgan fingerprint density at radius 3 is 2.48 bits per heavy atom. The first-order valence-electron chi connectivity index (χ1n) is 9.10. The second-order valence-electron chi connectivity index (χ2n) is 7.18. The minimum Gasteiger partial charge on any atom is -0.477 e. The van der Waals surface area contributed by atoms with Gasteiger partial charge in [-0.1, -0.05) is 26.2 Å². The molecule has 0 saturated carbocycles. The van der Waals surface area contributed by atoms with E-state index in [9.17, 15) is 9.59 Å². The van der Waals surface area contributed by atoms with E-state index in [1.54, 1.807) is 13.8 Å². The van der Waals surface area contributed by atoms with Gasteiger partial charge >= 0.3 is 11.7 Å². The fourth-order valence-electron chi connectivity index (χ4n) is 2.81. The molecule has 0 saturated heterocycles. The molecular weight excluding hydrogens is 347 g/mol. The lowest BCUT2D eigenvalue weighted by Gasteiger charge is -2.27. The Morgan fingerprint density at radius 2 is 1.96 bits per heavy atom. The molecule has 2 rings (SSSR count). The van der Waals surface area contributed by atoms with Gasteiger partial charge in [0.1, 0.15) is 19.3 Å². The number of aromatic nitrogens is 4. The Labute approximate surface area is 159 Å². The number of hydrogen-bond donors (Lipinski definition) is 0. The molecule has 0 aliphatic heterocycles. The quantitative estimate of drug-likeness (QED) is 0.510. The molecule has 2 aromatic rings. The molecule has 0 radical (unpaired) electrons. The predicted molar refractivity (Wildman–Crippen MR) is 105 cm³/mol. The second kappa shape index (κ2) is 7.98. The fraction of sp³-hybridized carbons (Fsp3) is 0.556. The van der Waals surface area contributed by atoms with Crippen molar-refractivity contribution in [1.82, 2.24) is 19.8 Å². The van der Waals surface area contributed by atoms with Crippen LogP contribution in [-0.4, -0.2) is 46.3 Å². The van der Waals surface area contributed by atoms with Crippen LogP contribution in [0.1, 0.15) is 46.6 Å². The average molecular weight is 374 g/mol. The molecule has 0 amide bonds. The third-order valence-electron chi connectivity index (χ3n) is 4.79. The molecule has 0 aliphatic rings. The lowest BCUT2D eigenvalue weighted by Crippen LogP contribution is -2.31. The third kappa shape index (κ3) is 4.23. The maximum Gasteiger partial charge on any atom is 0.368 e. The van der Waals surface area contributed by atoms with Crippen molar-refractivity contribution in [2.24, 2.45) is 7.05 Å². The highest BCUT2D eigenvalue weighted by molar-refractivity contribution is 6.33. The van der Waals surface area contributed by atoms with Crippen molar-refractivity contribution in [1.29, 1.82) is 0 Å². The Morgan fingerprint density at radius 1 is 1.30 bits per heavy atom. The van der Waals surface area contributed by atoms with Gasteiger partial charge in [0.25, 0.3) is 0 Å². The van der Waals surface area contributed by atoms with Gasteiger partial charge < -0.3 is 9.47 Å². The number of aryl methyl sites for hydroxylation is 1. The Bertz CT molecular complexity index is 888. The summed E-state index contributed by atoms with van der Waals surface area (Å²) in [4.78, 5) is 24.4. The minimum atomic E-state index is -0.819. The van der Waals surface area contributed by atoms with Gasteiger partial charge in [-0.15, -0.1) is 0 Å². The number of ether oxygens (including phenoxy) is 2. The summed E-state index contributed by atoms with van der Waals surface area (Å²) >= 11 is 0. The first-order chi connectivity index (χ1) is 12.6. The molecule has 1 heterocycles. The molecular formula is C18H27BN4O4. The summed E-state index contributed by atoms with van der Waals surface area (Å²) in [6, 6.07) is 3.72. The first kappa shape index (κ1) is 20.7. The summed E-state index contributed by atoms with van der Waals surface area (Å²) in [5.41, 5.74) is 2.04. The second-order valence-corrected chi connectivity index (χ2v) is 7.18. The summed E-state index contributed by atoms with van der Waals surface area (Å²) in [5, 5.41) is 7.72. The highest BCUT2D eigenvalue weighted by Crippen LogP contribution is 2.31. The van der Waals surface area contributed by atoms with Crippen LogP contribution >= 0.6 is 0 Å². The zero-order valence-electron chi connectivity index (χ0n) is 17.1. The van der Waals surface area contributed by atoms with Gasteiger partial charge in [0.05, 0.1) is 6.61 Å². The summed E-state index contributed by atoms with van der Waals surface area (Å²) in [6.45, 7) is 10.0. The Balaban J connectivity index is 2.61. The van der Waals surface area contributed by atoms with E-state index in [0.717, 1.165) is 22.1 Å². The molecule has 1 aromatic carbocycles. The number of rotatable bonds is 7. The van der Waals surface area contributed by atoms with Crippen molar-refractivity contribution in [3.8, 4) is 11.4 Å². The molecule has 0 N–H and O–H groups in total. The maximum absolute atomic E-state index is 12.4. The zero-order valence-corrected chi connectivity index (χ0v) is 17.1. The monoisotopic (exact) mass is 374 g/mol. The van der Waals surface area contributed by atoms with Crippen LogP contribution in [0.25, 0.3) is 5.69 Å². The third-order valence-corrected chi connectivity index (χ3v) is 4.79. The van der Waals surface area contributed by atoms with Crippen LogP contribution < -0.4 is 15.9 Å². The fourth-order valence-corrected chi connectivity index (χ4v) is 2.81. The van der Waals surface area contributed by atoms with E-state index in [0.29, 0.717) is 11.4 Å². The molecule has 0 fully saturated rings. The smallest absolute Gasteiger partial charge is 0.368 e. The van der Waals surface area contributed by atoms with E-state index in [1.807, 2.05) is 20.0 Å². The number of esters is 1. The summed E-state index contributed by atoms with van der Waals surface area (Å²) in [7, 11) is 3.51. The van der Waals surface area contributed by atoms with Crippen LogP contribution in [0.3, 0.4) is 0 Å². The average Bonchev–Trinajstić information content (AvgIpc) is 2.94. The zero-order chi connectivity index (χ0) is 20.4. The Kier molecular flexibility index (Phi) is 6.13. The van der Waals surface area contributed by atoms with Gasteiger partial charge in [-0.3, -0.25) is 0 Å². The van der Waals surface area contributed by atoms with Gasteiger partial charge in [-0.2, -0.15) is 9.36 Å². The lowest BCUT2D eigenvalue weighted by molar-refractivity contribution is -0.150. The summed E-state index contributed by atoms with van der Waals surface area (Å²) in [5.74, 6) is -0.0862. The minimum absolute atomic E-state index is 0.101. The highest BCUT2D eigenvalue weighted by Gasteiger charge is 2.26. The van der Waals surface area contributed by atoms with E-state index in [2.05, 4.69) is 31.2 Å². The van der Waals surface area contributed by atoms with Crippen molar-refractivity contribution >= 4 is 19.3 Å². The van der Waals surface area contributed by atoms with Crippen LogP contribution in [0.15, 0.2) is 16.9 Å². The highest BCUT2D eigenvalue weighted by atomic mass is 16.6. The van der Waals surface area contributed by atoms with Gasteiger partial charge in [0, 0.05) is 7.05 Å². The normalized spacial score (nSPS) is 12.7. The van der Waals surface area contributed by atoms with E-state index < -0.39 is 17.8 Å². The number of nitrogens with zero attached hydrogens (tertiary/aromatic N) is 4. The molecule has 8 nitrogen and oxygen atoms in total. The van der Waals surface area contributed by atoms with Crippen molar-refractivity contribution in [2.45, 2.75) is 52.6 Å². The lowest BCUT2D eigenvalue weighted by atomic mass is 9.74. The molecule has 9 heteroatoms. The van der Waals surface area contributed by atoms with E-state index >= 15 is 0 Å². The molecule has 1 atom stereocenters. The van der Waals surface area contributed by atoms with Gasteiger partial charge in [-0.25, -0.2) is 9.59 Å². The molecule has 0 spiro atoms. The summed E-state index contributed by atoms with van der Waals surface area (Å²) in [6.07, 6.45) is 0.0998. The van der Waals surface area contributed by atoms with E-state index in [1.165, 1.54) is 11.7 Å². The van der Waals surface area contributed by atoms with Crippen molar-refractivity contribution in [3.63, 3.8) is 0 Å². The van der Waals surface area contributed by atoms with Crippen molar-refractivity contribution < 1.29 is 14.3 Å². The van der Waals surface area contributed by atoms with Gasteiger partial charge in [-0.05, 0) is 53.8 Å². The van der Waals surface area contributed by atoms with E-state index in [-0.39, 0.29) is 12.0 Å². The number of carbonyl (C=O) groups excluding carboxylic acids is 1. The van der Waals surface area contributed by atoms with Crippen LogP contribution in [0.5, 0.6) is 5.75 Å². The van der Waals surface area contributed by atoms with Crippen LogP contribution in [0.2, 0.25) is 0 Å². The van der Waals surface area contributed by atoms with Crippen molar-refractivity contribution in [2.75, 3.05) is 6.61 Å². The van der Waals surface area contributed by atoms with Gasteiger partial charge in [0.2, 0.25) is 0 Å². The molecule has 1 unspecified atom stereocenters. The number of hydrogen-bond acceptors (Lipinski definition) is 6. The predicted octanol–water partition coefficient (Wildman–Crippen LogP) is 0.242. The molecule has 27 heavy (non-hydrogen) atoms. The standard InChI is InChI=1S/C18H27BN4O4/c1-7-18(4,5)12-9-14(23-17(25)22(6)20-21-23)15(10-13(12)19)27-11(3)16(24)26-8-2/h9-11H,7-8,19H2,1-6H3. The largest absolute Gasteiger partial charge is 0.477 e. The number of benzene rings is 1. The van der Waals surface area contributed by atoms with Crippen molar-refractivity contribution in [3.05, 3.63) is 28.2 Å². The van der Waals surface area contributed by atoms with Crippen LogP contribution in [0, 0.1) is 0 Å². The first-order valence-corrected chi connectivity index (χ1v) is 9.10. The number of tetrazole rings is 1. The SMILES string of the molecule is Bc1cc(OC(C)C(=O)OCC)c(-n2nnn(C)c2=O)cc1C(C)(C)CC. The Hall–Kier alpha value is -2.58. The maximum atomic E-state index is 12.4. The topological polar surface area (TPSA) is 88.2 Å². The summed E-state index contributed by atoms with van der Waals surface area (Å²) < 4.78 is 13.2. The molecule has 1 aromatic heterocycles. The van der Waals surface area contributed by atoms with E-state index in [4.69, 9.17) is 9.47 Å².